The molecule has 4 aromatic rings. The lowest BCUT2D eigenvalue weighted by Gasteiger charge is -2.34. The minimum atomic E-state index is -0.454. The highest BCUT2D eigenvalue weighted by Gasteiger charge is 2.27. The average Bonchev–Trinajstić information content (AvgIpc) is 3.24. The zero-order valence-electron chi connectivity index (χ0n) is 17.8. The van der Waals surface area contributed by atoms with Gasteiger partial charge in [0.1, 0.15) is 11.2 Å². The molecule has 9 heteroatoms. The third-order valence-electron chi connectivity index (χ3n) is 5.82. The van der Waals surface area contributed by atoms with E-state index in [9.17, 15) is 4.39 Å². The summed E-state index contributed by atoms with van der Waals surface area (Å²) in [5.74, 6) is 0.496. The van der Waals surface area contributed by atoms with Crippen molar-refractivity contribution in [3.63, 3.8) is 0 Å². The predicted molar refractivity (Wildman–Crippen MR) is 119 cm³/mol. The van der Waals surface area contributed by atoms with Gasteiger partial charge in [0.05, 0.1) is 11.9 Å². The molecule has 32 heavy (non-hydrogen) atoms. The summed E-state index contributed by atoms with van der Waals surface area (Å²) in [6.45, 7) is 4.36. The third kappa shape index (κ3) is 4.17. The highest BCUT2D eigenvalue weighted by Crippen LogP contribution is 2.28. The molecular weight excluding hydrogens is 409 g/mol. The van der Waals surface area contributed by atoms with E-state index < -0.39 is 5.82 Å². The van der Waals surface area contributed by atoms with Crippen LogP contribution in [0, 0.1) is 5.82 Å². The summed E-state index contributed by atoms with van der Waals surface area (Å²) in [7, 11) is 0. The van der Waals surface area contributed by atoms with Gasteiger partial charge in [0.25, 0.3) is 0 Å². The first kappa shape index (κ1) is 20.5. The second-order valence-electron chi connectivity index (χ2n) is 8.14. The molecule has 0 atom stereocenters. The first-order valence-electron chi connectivity index (χ1n) is 10.6. The molecule has 1 aliphatic heterocycles. The van der Waals surface area contributed by atoms with Gasteiger partial charge in [0, 0.05) is 43.9 Å². The minimum Gasteiger partial charge on any atom is -0.381 e. The van der Waals surface area contributed by atoms with Crippen LogP contribution in [0.25, 0.3) is 17.0 Å². The summed E-state index contributed by atoms with van der Waals surface area (Å²) in [6.07, 6.45) is 8.20. The summed E-state index contributed by atoms with van der Waals surface area (Å²) in [5, 5.41) is 11.5. The highest BCUT2D eigenvalue weighted by atomic mass is 19.1. The number of hydrogen-bond donors (Lipinski definition) is 2. The summed E-state index contributed by atoms with van der Waals surface area (Å²) in [6, 6.07) is 9.15. The van der Waals surface area contributed by atoms with Crippen molar-refractivity contribution >= 4 is 17.0 Å². The number of nitrogens with one attached hydrogen (secondary N) is 2. The molecule has 0 amide bonds. The molecule has 0 aliphatic carbocycles. The summed E-state index contributed by atoms with van der Waals surface area (Å²) in [5.41, 5.74) is 2.73. The van der Waals surface area contributed by atoms with Crippen molar-refractivity contribution in [3.05, 3.63) is 66.5 Å². The maximum absolute atomic E-state index is 14.4. The van der Waals surface area contributed by atoms with Gasteiger partial charge in [-0.25, -0.2) is 13.9 Å². The maximum Gasteiger partial charge on any atom is 0.200 e. The zero-order valence-corrected chi connectivity index (χ0v) is 17.8. The molecule has 0 saturated carbocycles. The van der Waals surface area contributed by atoms with Crippen LogP contribution >= 0.6 is 0 Å². The van der Waals surface area contributed by atoms with Crippen molar-refractivity contribution in [1.29, 1.82) is 0 Å². The van der Waals surface area contributed by atoms with Gasteiger partial charge >= 0.3 is 0 Å². The fourth-order valence-corrected chi connectivity index (χ4v) is 3.83. The number of ether oxygens (including phenoxy) is 1. The summed E-state index contributed by atoms with van der Waals surface area (Å²) >= 11 is 0. The van der Waals surface area contributed by atoms with Crippen molar-refractivity contribution in [2.45, 2.75) is 31.8 Å². The van der Waals surface area contributed by atoms with Crippen molar-refractivity contribution in [3.8, 4) is 11.5 Å². The molecular formula is C23H24FN7O. The van der Waals surface area contributed by atoms with Crippen LogP contribution in [-0.4, -0.2) is 43.3 Å². The van der Waals surface area contributed by atoms with E-state index in [0.29, 0.717) is 29.6 Å². The Morgan fingerprint density at radius 3 is 2.81 bits per heavy atom. The lowest BCUT2D eigenvalue weighted by Crippen LogP contribution is -2.46. The van der Waals surface area contributed by atoms with Crippen LogP contribution in [0.3, 0.4) is 0 Å². The van der Waals surface area contributed by atoms with Gasteiger partial charge in [-0.05, 0) is 49.6 Å². The Hall–Kier alpha value is -3.43. The molecule has 0 radical (unpaired) electrons. The van der Waals surface area contributed by atoms with E-state index in [2.05, 4.69) is 32.6 Å². The summed E-state index contributed by atoms with van der Waals surface area (Å²) < 4.78 is 21.6. The quantitative estimate of drug-likeness (QED) is 0.479. The molecule has 0 aromatic carbocycles. The molecule has 1 saturated heterocycles. The monoisotopic (exact) mass is 433 g/mol. The zero-order chi connectivity index (χ0) is 22.0. The number of pyridine rings is 2. The second kappa shape index (κ2) is 8.60. The Labute approximate surface area is 184 Å². The molecule has 0 unspecified atom stereocenters. The maximum atomic E-state index is 14.4. The average molecular weight is 433 g/mol. The Morgan fingerprint density at radius 1 is 1.16 bits per heavy atom. The molecule has 1 aliphatic rings. The number of rotatable bonds is 6. The van der Waals surface area contributed by atoms with Crippen molar-refractivity contribution < 1.29 is 9.13 Å². The summed E-state index contributed by atoms with van der Waals surface area (Å²) in [4.78, 5) is 12.9. The van der Waals surface area contributed by atoms with E-state index in [1.54, 1.807) is 16.8 Å². The van der Waals surface area contributed by atoms with Gasteiger partial charge in [0.15, 0.2) is 11.6 Å². The molecule has 164 valence electrons. The normalized spacial score (nSPS) is 15.7. The van der Waals surface area contributed by atoms with Gasteiger partial charge in [-0.15, -0.1) is 5.10 Å². The van der Waals surface area contributed by atoms with Crippen LogP contribution < -0.4 is 10.6 Å². The largest absolute Gasteiger partial charge is 0.381 e. The van der Waals surface area contributed by atoms with E-state index in [0.717, 1.165) is 37.1 Å². The van der Waals surface area contributed by atoms with Crippen LogP contribution in [0.4, 0.5) is 15.9 Å². The minimum absolute atomic E-state index is 0.00602. The van der Waals surface area contributed by atoms with E-state index >= 15 is 0 Å². The second-order valence-corrected chi connectivity index (χ2v) is 8.14. The van der Waals surface area contributed by atoms with E-state index in [1.165, 1.54) is 12.4 Å². The van der Waals surface area contributed by atoms with Gasteiger partial charge in [0.2, 0.25) is 5.82 Å². The van der Waals surface area contributed by atoms with Crippen LogP contribution in [0.2, 0.25) is 0 Å². The lowest BCUT2D eigenvalue weighted by atomic mass is 9.92. The van der Waals surface area contributed by atoms with E-state index in [-0.39, 0.29) is 5.54 Å². The van der Waals surface area contributed by atoms with E-state index in [1.807, 2.05) is 30.5 Å². The Balaban J connectivity index is 1.55. The van der Waals surface area contributed by atoms with Gasteiger partial charge in [-0.3, -0.25) is 9.97 Å². The van der Waals surface area contributed by atoms with Crippen molar-refractivity contribution in [2.24, 2.45) is 0 Å². The van der Waals surface area contributed by atoms with Crippen LogP contribution in [-0.2, 0) is 11.3 Å². The fraction of sp³-hybridized carbons (Fsp3) is 0.304. The van der Waals surface area contributed by atoms with Crippen molar-refractivity contribution in [2.75, 3.05) is 18.5 Å². The number of fused-ring (bicyclic) bond motifs is 1. The topological polar surface area (TPSA) is 89.3 Å². The van der Waals surface area contributed by atoms with Gasteiger partial charge < -0.3 is 15.4 Å². The van der Waals surface area contributed by atoms with Gasteiger partial charge in [-0.2, -0.15) is 0 Å². The molecule has 5 heterocycles. The molecule has 0 spiro atoms. The number of aromatic nitrogens is 5. The molecule has 0 bridgehead atoms. The number of nitrogens with zero attached hydrogens (tertiary/aromatic N) is 5. The van der Waals surface area contributed by atoms with Crippen molar-refractivity contribution in [1.82, 2.24) is 29.9 Å². The fourth-order valence-electron chi connectivity index (χ4n) is 3.83. The van der Waals surface area contributed by atoms with Gasteiger partial charge in [-0.1, -0.05) is 6.07 Å². The Kier molecular flexibility index (Phi) is 5.50. The Morgan fingerprint density at radius 2 is 2.03 bits per heavy atom. The molecule has 4 aromatic heterocycles. The van der Waals surface area contributed by atoms with E-state index in [4.69, 9.17) is 9.72 Å². The molecule has 1 fully saturated rings. The number of anilines is 2. The SMILES string of the molecule is CC1(NCc2ccn3nc(-c4ccccn4)nc(Nc4ccncc4F)c23)CCOCC1. The highest BCUT2D eigenvalue weighted by molar-refractivity contribution is 5.78. The number of halogens is 1. The molecule has 5 rings (SSSR count). The first-order valence-corrected chi connectivity index (χ1v) is 10.6. The first-order chi connectivity index (χ1) is 15.6. The van der Waals surface area contributed by atoms with Crippen LogP contribution in [0.1, 0.15) is 25.3 Å². The standard InChI is InChI=1S/C23H24FN7O/c1-23(7-12-32-13-8-23)27-14-16-6-11-31-20(16)22(28-18-5-10-25-15-17(18)24)29-21(30-31)19-4-2-3-9-26-19/h2-6,9-11,15,27H,7-8,12-14H2,1H3,(H,25,28,29,30). The lowest BCUT2D eigenvalue weighted by molar-refractivity contribution is 0.0446. The Bertz CT molecular complexity index is 1220. The predicted octanol–water partition coefficient (Wildman–Crippen LogP) is 3.73. The third-order valence-corrected chi connectivity index (χ3v) is 5.82. The van der Waals surface area contributed by atoms with Crippen LogP contribution in [0.5, 0.6) is 0 Å². The van der Waals surface area contributed by atoms with Crippen LogP contribution in [0.15, 0.2) is 55.1 Å². The smallest absolute Gasteiger partial charge is 0.200 e. The molecule has 8 nitrogen and oxygen atoms in total. The number of hydrogen-bond acceptors (Lipinski definition) is 7. The molecule has 2 N–H and O–H groups in total.